The molecule has 0 atom stereocenters. The molecule has 0 aliphatic heterocycles. The fraction of sp³-hybridized carbons (Fsp3) is 0.182. The van der Waals surface area contributed by atoms with Crippen LogP contribution in [0.15, 0.2) is 24.5 Å². The van der Waals surface area contributed by atoms with Gasteiger partial charge in [-0.25, -0.2) is 4.79 Å². The minimum atomic E-state index is -0.992. The van der Waals surface area contributed by atoms with E-state index >= 15 is 0 Å². The molecule has 0 saturated carbocycles. The van der Waals surface area contributed by atoms with Crippen molar-refractivity contribution in [3.63, 3.8) is 0 Å². The standard InChI is InChI=1S/C11H10ClN3O2/c1-2-10-14-13-6-15(10)9-5-7(11(16)17)3-4-8(9)12/h3-6H,2H2,1H3,(H,16,17). The molecule has 0 unspecified atom stereocenters. The van der Waals surface area contributed by atoms with Crippen LogP contribution in [0.3, 0.4) is 0 Å². The average Bonchev–Trinajstić information content (AvgIpc) is 2.77. The Kier molecular flexibility index (Phi) is 3.10. The molecule has 1 aromatic heterocycles. The normalized spacial score (nSPS) is 10.5. The Labute approximate surface area is 103 Å². The molecule has 0 radical (unpaired) electrons. The Morgan fingerprint density at radius 1 is 1.53 bits per heavy atom. The van der Waals surface area contributed by atoms with Crippen molar-refractivity contribution in [3.05, 3.63) is 40.9 Å². The molecular formula is C11H10ClN3O2. The average molecular weight is 252 g/mol. The second-order valence-corrected chi connectivity index (χ2v) is 3.85. The highest BCUT2D eigenvalue weighted by molar-refractivity contribution is 6.32. The second-order valence-electron chi connectivity index (χ2n) is 3.44. The number of nitrogens with zero attached hydrogens (tertiary/aromatic N) is 3. The number of aromatic carboxylic acids is 1. The molecule has 1 N–H and O–H groups in total. The maximum atomic E-state index is 10.9. The third-order valence-electron chi connectivity index (χ3n) is 2.39. The van der Waals surface area contributed by atoms with E-state index in [9.17, 15) is 4.79 Å². The number of carbonyl (C=O) groups is 1. The number of hydrogen-bond acceptors (Lipinski definition) is 3. The fourth-order valence-electron chi connectivity index (χ4n) is 1.53. The molecule has 0 fully saturated rings. The summed E-state index contributed by atoms with van der Waals surface area (Å²) in [5.41, 5.74) is 0.758. The van der Waals surface area contributed by atoms with E-state index in [0.717, 1.165) is 5.82 Å². The van der Waals surface area contributed by atoms with Crippen molar-refractivity contribution in [1.82, 2.24) is 14.8 Å². The quantitative estimate of drug-likeness (QED) is 0.908. The van der Waals surface area contributed by atoms with Crippen LogP contribution in [0.25, 0.3) is 5.69 Å². The van der Waals surface area contributed by atoms with Crippen molar-refractivity contribution in [1.29, 1.82) is 0 Å². The van der Waals surface area contributed by atoms with Crippen LogP contribution in [-0.2, 0) is 6.42 Å². The van der Waals surface area contributed by atoms with E-state index in [2.05, 4.69) is 10.2 Å². The minimum Gasteiger partial charge on any atom is -0.478 e. The maximum Gasteiger partial charge on any atom is 0.335 e. The Balaban J connectivity index is 2.58. The highest BCUT2D eigenvalue weighted by Gasteiger charge is 2.11. The van der Waals surface area contributed by atoms with Crippen LogP contribution in [0.1, 0.15) is 23.1 Å². The van der Waals surface area contributed by atoms with Gasteiger partial charge >= 0.3 is 5.97 Å². The molecule has 2 aromatic rings. The van der Waals surface area contributed by atoms with Crippen molar-refractivity contribution in [3.8, 4) is 5.69 Å². The van der Waals surface area contributed by atoms with Gasteiger partial charge in [-0.15, -0.1) is 10.2 Å². The van der Waals surface area contributed by atoms with Crippen molar-refractivity contribution >= 4 is 17.6 Å². The Hall–Kier alpha value is -1.88. The summed E-state index contributed by atoms with van der Waals surface area (Å²) in [5.74, 6) is -0.261. The van der Waals surface area contributed by atoms with Gasteiger partial charge in [-0.05, 0) is 18.2 Å². The first-order valence-corrected chi connectivity index (χ1v) is 5.43. The number of carboxylic acid groups (broad SMARTS) is 1. The topological polar surface area (TPSA) is 68.0 Å². The number of aryl methyl sites for hydroxylation is 1. The molecule has 6 heteroatoms. The van der Waals surface area contributed by atoms with Crippen LogP contribution in [0.5, 0.6) is 0 Å². The van der Waals surface area contributed by atoms with Crippen molar-refractivity contribution in [2.24, 2.45) is 0 Å². The first-order chi connectivity index (χ1) is 8.13. The highest BCUT2D eigenvalue weighted by atomic mass is 35.5. The summed E-state index contributed by atoms with van der Waals surface area (Å²) in [4.78, 5) is 10.9. The van der Waals surface area contributed by atoms with E-state index in [-0.39, 0.29) is 5.56 Å². The van der Waals surface area contributed by atoms with Crippen LogP contribution in [0, 0.1) is 0 Å². The predicted octanol–water partition coefficient (Wildman–Crippen LogP) is 2.18. The molecule has 0 amide bonds. The van der Waals surface area contributed by atoms with E-state index in [1.54, 1.807) is 10.6 Å². The summed E-state index contributed by atoms with van der Waals surface area (Å²) in [6.07, 6.45) is 2.21. The first kappa shape index (κ1) is 11.6. The zero-order valence-corrected chi connectivity index (χ0v) is 9.85. The van der Waals surface area contributed by atoms with Gasteiger partial charge < -0.3 is 5.11 Å². The van der Waals surface area contributed by atoms with Gasteiger partial charge in [0.2, 0.25) is 0 Å². The van der Waals surface area contributed by atoms with Crippen molar-refractivity contribution in [2.45, 2.75) is 13.3 Å². The van der Waals surface area contributed by atoms with Crippen molar-refractivity contribution in [2.75, 3.05) is 0 Å². The van der Waals surface area contributed by atoms with E-state index in [1.807, 2.05) is 6.92 Å². The lowest BCUT2D eigenvalue weighted by Gasteiger charge is -2.08. The molecule has 2 rings (SSSR count). The van der Waals surface area contributed by atoms with Crippen LogP contribution in [-0.4, -0.2) is 25.8 Å². The zero-order valence-electron chi connectivity index (χ0n) is 9.09. The molecule has 0 spiro atoms. The number of halogens is 1. The van der Waals surface area contributed by atoms with Gasteiger partial charge in [0, 0.05) is 6.42 Å². The molecule has 1 heterocycles. The molecule has 88 valence electrons. The zero-order chi connectivity index (χ0) is 12.4. The Bertz CT molecular complexity index is 566. The molecule has 17 heavy (non-hydrogen) atoms. The molecule has 0 bridgehead atoms. The Morgan fingerprint density at radius 3 is 2.94 bits per heavy atom. The van der Waals surface area contributed by atoms with E-state index in [0.29, 0.717) is 17.1 Å². The van der Waals surface area contributed by atoms with Gasteiger partial charge in [-0.3, -0.25) is 4.57 Å². The number of hydrogen-bond donors (Lipinski definition) is 1. The molecule has 0 aliphatic carbocycles. The van der Waals surface area contributed by atoms with Gasteiger partial charge in [0.1, 0.15) is 12.2 Å². The third kappa shape index (κ3) is 2.14. The van der Waals surface area contributed by atoms with Crippen molar-refractivity contribution < 1.29 is 9.90 Å². The summed E-state index contributed by atoms with van der Waals surface area (Å²) < 4.78 is 1.69. The third-order valence-corrected chi connectivity index (χ3v) is 2.71. The highest BCUT2D eigenvalue weighted by Crippen LogP contribution is 2.22. The number of rotatable bonds is 3. The fourth-order valence-corrected chi connectivity index (χ4v) is 1.74. The summed E-state index contributed by atoms with van der Waals surface area (Å²) in [5, 5.41) is 17.1. The van der Waals surface area contributed by atoms with Gasteiger partial charge in [0.25, 0.3) is 0 Å². The largest absolute Gasteiger partial charge is 0.478 e. The van der Waals surface area contributed by atoms with Gasteiger partial charge in [0.05, 0.1) is 16.3 Å². The SMILES string of the molecule is CCc1nncn1-c1cc(C(=O)O)ccc1Cl. The van der Waals surface area contributed by atoms with Gasteiger partial charge in [0.15, 0.2) is 0 Å². The molecule has 5 nitrogen and oxygen atoms in total. The summed E-state index contributed by atoms with van der Waals surface area (Å²) in [7, 11) is 0. The molecule has 1 aromatic carbocycles. The maximum absolute atomic E-state index is 10.9. The lowest BCUT2D eigenvalue weighted by Crippen LogP contribution is -2.03. The van der Waals surface area contributed by atoms with Gasteiger partial charge in [-0.2, -0.15) is 0 Å². The summed E-state index contributed by atoms with van der Waals surface area (Å²) in [6, 6.07) is 4.52. The first-order valence-electron chi connectivity index (χ1n) is 5.05. The van der Waals surface area contributed by atoms with E-state index in [1.165, 1.54) is 18.5 Å². The lowest BCUT2D eigenvalue weighted by atomic mass is 10.2. The monoisotopic (exact) mass is 251 g/mol. The van der Waals surface area contributed by atoms with Crippen LogP contribution in [0.4, 0.5) is 0 Å². The summed E-state index contributed by atoms with van der Waals surface area (Å²) >= 11 is 6.05. The smallest absolute Gasteiger partial charge is 0.335 e. The van der Waals surface area contributed by atoms with Crippen LogP contribution >= 0.6 is 11.6 Å². The second kappa shape index (κ2) is 4.55. The molecular weight excluding hydrogens is 242 g/mol. The number of carboxylic acids is 1. The van der Waals surface area contributed by atoms with E-state index in [4.69, 9.17) is 16.7 Å². The molecule has 0 aliphatic rings. The molecule has 0 saturated heterocycles. The summed E-state index contributed by atoms with van der Waals surface area (Å²) in [6.45, 7) is 1.94. The number of aromatic nitrogens is 3. The number of benzene rings is 1. The predicted molar refractivity (Wildman–Crippen MR) is 62.7 cm³/mol. The Morgan fingerprint density at radius 2 is 2.29 bits per heavy atom. The minimum absolute atomic E-state index is 0.181. The van der Waals surface area contributed by atoms with E-state index < -0.39 is 5.97 Å². The van der Waals surface area contributed by atoms with Crippen LogP contribution in [0.2, 0.25) is 5.02 Å². The van der Waals surface area contributed by atoms with Crippen LogP contribution < -0.4 is 0 Å². The lowest BCUT2D eigenvalue weighted by molar-refractivity contribution is 0.0697. The van der Waals surface area contributed by atoms with Gasteiger partial charge in [-0.1, -0.05) is 18.5 Å².